The van der Waals surface area contributed by atoms with Crippen LogP contribution in [0, 0.1) is 0 Å². The van der Waals surface area contributed by atoms with Crippen LogP contribution in [0.5, 0.6) is 0 Å². The number of ether oxygens (including phenoxy) is 1. The van der Waals surface area contributed by atoms with Gasteiger partial charge in [-0.1, -0.05) is 11.6 Å². The highest BCUT2D eigenvalue weighted by molar-refractivity contribution is 7.92. The van der Waals surface area contributed by atoms with Gasteiger partial charge < -0.3 is 4.74 Å². The van der Waals surface area contributed by atoms with Crippen molar-refractivity contribution in [2.24, 2.45) is 0 Å². The third-order valence-electron chi connectivity index (χ3n) is 2.50. The molecule has 1 aliphatic rings. The van der Waals surface area contributed by atoms with Gasteiger partial charge >= 0.3 is 0 Å². The highest BCUT2D eigenvalue weighted by Gasteiger charge is 2.24. The summed E-state index contributed by atoms with van der Waals surface area (Å²) in [4.78, 5) is 11.6. The van der Waals surface area contributed by atoms with Crippen LogP contribution < -0.4 is 4.72 Å². The van der Waals surface area contributed by atoms with E-state index in [0.717, 1.165) is 24.2 Å². The summed E-state index contributed by atoms with van der Waals surface area (Å²) in [6.07, 6.45) is 1.59. The van der Waals surface area contributed by atoms with E-state index in [1.165, 1.54) is 12.1 Å². The highest BCUT2D eigenvalue weighted by atomic mass is 35.5. The van der Waals surface area contributed by atoms with E-state index in [4.69, 9.17) is 16.3 Å². The van der Waals surface area contributed by atoms with Gasteiger partial charge in [-0.15, -0.1) is 11.3 Å². The SMILES string of the molecule is O=C(CC1CCCO1)NS(=O)(=O)c1ccc(Cl)s1. The fraction of sp³-hybridized carbons (Fsp3) is 0.500. The third-order valence-corrected chi connectivity index (χ3v) is 5.59. The molecule has 0 bridgehead atoms. The maximum Gasteiger partial charge on any atom is 0.273 e. The number of hydrogen-bond donors (Lipinski definition) is 1. The lowest BCUT2D eigenvalue weighted by Gasteiger charge is -2.09. The van der Waals surface area contributed by atoms with Crippen LogP contribution in [0.2, 0.25) is 4.34 Å². The minimum atomic E-state index is -3.80. The van der Waals surface area contributed by atoms with Crippen molar-refractivity contribution in [3.63, 3.8) is 0 Å². The number of nitrogens with one attached hydrogen (secondary N) is 1. The summed E-state index contributed by atoms with van der Waals surface area (Å²) in [5, 5.41) is 0. The fourth-order valence-corrected chi connectivity index (χ4v) is 4.17. The summed E-state index contributed by atoms with van der Waals surface area (Å²) in [6, 6.07) is 2.85. The first-order valence-electron chi connectivity index (χ1n) is 5.40. The molecule has 100 valence electrons. The molecule has 0 aliphatic carbocycles. The van der Waals surface area contributed by atoms with E-state index in [9.17, 15) is 13.2 Å². The van der Waals surface area contributed by atoms with Crippen LogP contribution in [0.25, 0.3) is 0 Å². The Bertz CT molecular complexity index is 534. The minimum Gasteiger partial charge on any atom is -0.378 e. The van der Waals surface area contributed by atoms with Crippen LogP contribution in [-0.4, -0.2) is 27.0 Å². The standard InChI is InChI=1S/C10H12ClNO4S2/c11-8-3-4-10(17-8)18(14,15)12-9(13)6-7-2-1-5-16-7/h3-4,7H,1-2,5-6H2,(H,12,13). The zero-order valence-electron chi connectivity index (χ0n) is 9.39. The molecule has 1 aliphatic heterocycles. The van der Waals surface area contributed by atoms with Crippen LogP contribution in [-0.2, 0) is 19.6 Å². The fourth-order valence-electron chi connectivity index (χ4n) is 1.70. The first-order chi connectivity index (χ1) is 8.47. The molecule has 18 heavy (non-hydrogen) atoms. The molecule has 0 radical (unpaired) electrons. The monoisotopic (exact) mass is 309 g/mol. The number of rotatable bonds is 4. The summed E-state index contributed by atoms with van der Waals surface area (Å²) in [5.41, 5.74) is 0. The number of amides is 1. The topological polar surface area (TPSA) is 72.5 Å². The van der Waals surface area contributed by atoms with Gasteiger partial charge in [0.05, 0.1) is 16.9 Å². The van der Waals surface area contributed by atoms with Gasteiger partial charge in [-0.3, -0.25) is 4.79 Å². The van der Waals surface area contributed by atoms with E-state index in [2.05, 4.69) is 0 Å². The van der Waals surface area contributed by atoms with E-state index < -0.39 is 15.9 Å². The summed E-state index contributed by atoms with van der Waals surface area (Å²) in [5.74, 6) is -0.550. The average molecular weight is 310 g/mol. The molecule has 5 nitrogen and oxygen atoms in total. The summed E-state index contributed by atoms with van der Waals surface area (Å²) in [7, 11) is -3.80. The van der Waals surface area contributed by atoms with Crippen molar-refractivity contribution < 1.29 is 17.9 Å². The van der Waals surface area contributed by atoms with Gasteiger partial charge in [-0.05, 0) is 25.0 Å². The largest absolute Gasteiger partial charge is 0.378 e. The Morgan fingerprint density at radius 1 is 1.56 bits per heavy atom. The second kappa shape index (κ2) is 5.56. The first kappa shape index (κ1) is 13.8. The smallest absolute Gasteiger partial charge is 0.273 e. The average Bonchev–Trinajstić information content (AvgIpc) is 2.88. The van der Waals surface area contributed by atoms with Crippen LogP contribution in [0.4, 0.5) is 0 Å². The maximum absolute atomic E-state index is 11.8. The maximum atomic E-state index is 11.8. The van der Waals surface area contributed by atoms with Gasteiger partial charge in [0, 0.05) is 6.61 Å². The summed E-state index contributed by atoms with van der Waals surface area (Å²) < 4.78 is 31.3. The van der Waals surface area contributed by atoms with Crippen LogP contribution in [0.15, 0.2) is 16.3 Å². The Morgan fingerprint density at radius 2 is 2.33 bits per heavy atom. The molecule has 1 aromatic heterocycles. The molecule has 1 saturated heterocycles. The molecular formula is C10H12ClNO4S2. The molecule has 2 heterocycles. The van der Waals surface area contributed by atoms with Crippen LogP contribution in [0.3, 0.4) is 0 Å². The zero-order valence-corrected chi connectivity index (χ0v) is 11.8. The van der Waals surface area contributed by atoms with Crippen LogP contribution in [0.1, 0.15) is 19.3 Å². The van der Waals surface area contributed by atoms with Crippen molar-refractivity contribution in [2.75, 3.05) is 6.61 Å². The van der Waals surface area contributed by atoms with Crippen molar-refractivity contribution in [3.05, 3.63) is 16.5 Å². The molecule has 0 aromatic carbocycles. The number of thiophene rings is 1. The van der Waals surface area contributed by atoms with E-state index >= 15 is 0 Å². The van der Waals surface area contributed by atoms with Crippen molar-refractivity contribution >= 4 is 38.9 Å². The van der Waals surface area contributed by atoms with Crippen molar-refractivity contribution in [2.45, 2.75) is 29.6 Å². The number of carbonyl (C=O) groups is 1. The van der Waals surface area contributed by atoms with Gasteiger partial charge in [0.15, 0.2) is 0 Å². The normalized spacial score (nSPS) is 19.9. The molecule has 1 amide bonds. The van der Waals surface area contributed by atoms with E-state index in [-0.39, 0.29) is 16.7 Å². The molecule has 1 atom stereocenters. The lowest BCUT2D eigenvalue weighted by Crippen LogP contribution is -2.32. The first-order valence-corrected chi connectivity index (χ1v) is 8.08. The number of hydrogen-bond acceptors (Lipinski definition) is 5. The Balaban J connectivity index is 1.97. The van der Waals surface area contributed by atoms with E-state index in [1.807, 2.05) is 4.72 Å². The number of halogens is 1. The molecule has 8 heteroatoms. The summed E-state index contributed by atoms with van der Waals surface area (Å²) >= 11 is 6.57. The molecule has 0 spiro atoms. The van der Waals surface area contributed by atoms with Crippen molar-refractivity contribution in [1.82, 2.24) is 4.72 Å². The predicted molar refractivity (Wildman–Crippen MR) is 68.2 cm³/mol. The number of carbonyl (C=O) groups excluding carboxylic acids is 1. The highest BCUT2D eigenvalue weighted by Crippen LogP contribution is 2.25. The Hall–Kier alpha value is -0.630. The van der Waals surface area contributed by atoms with Gasteiger partial charge in [-0.25, -0.2) is 13.1 Å². The second-order valence-electron chi connectivity index (χ2n) is 3.93. The second-order valence-corrected chi connectivity index (χ2v) is 7.55. The molecule has 1 unspecified atom stereocenters. The molecule has 0 saturated carbocycles. The predicted octanol–water partition coefficient (Wildman–Crippen LogP) is 1.78. The zero-order chi connectivity index (χ0) is 13.2. The van der Waals surface area contributed by atoms with Gasteiger partial charge in [0.1, 0.15) is 4.21 Å². The van der Waals surface area contributed by atoms with E-state index in [0.29, 0.717) is 10.9 Å². The number of sulfonamides is 1. The van der Waals surface area contributed by atoms with Crippen molar-refractivity contribution in [1.29, 1.82) is 0 Å². The molecule has 1 aromatic rings. The Labute approximate surface area is 114 Å². The van der Waals surface area contributed by atoms with Crippen LogP contribution >= 0.6 is 22.9 Å². The minimum absolute atomic E-state index is 0.0354. The van der Waals surface area contributed by atoms with Crippen molar-refractivity contribution in [3.8, 4) is 0 Å². The summed E-state index contributed by atoms with van der Waals surface area (Å²) in [6.45, 7) is 0.630. The van der Waals surface area contributed by atoms with Gasteiger partial charge in [0.2, 0.25) is 5.91 Å². The molecular weight excluding hydrogens is 298 g/mol. The Kier molecular flexibility index (Phi) is 4.26. The van der Waals surface area contributed by atoms with Gasteiger partial charge in [0.25, 0.3) is 10.0 Å². The quantitative estimate of drug-likeness (QED) is 0.920. The molecule has 1 N–H and O–H groups in total. The van der Waals surface area contributed by atoms with E-state index in [1.54, 1.807) is 0 Å². The van der Waals surface area contributed by atoms with Gasteiger partial charge in [-0.2, -0.15) is 0 Å². The lowest BCUT2D eigenvalue weighted by atomic mass is 10.2. The lowest BCUT2D eigenvalue weighted by molar-refractivity contribution is -0.121. The third kappa shape index (κ3) is 3.44. The molecule has 2 rings (SSSR count). The molecule has 1 fully saturated rings. The Morgan fingerprint density at radius 3 is 2.89 bits per heavy atom.